The quantitative estimate of drug-likeness (QED) is 0.341. The van der Waals surface area contributed by atoms with Crippen LogP contribution in [0.3, 0.4) is 0 Å². The summed E-state index contributed by atoms with van der Waals surface area (Å²) < 4.78 is 0. The summed E-state index contributed by atoms with van der Waals surface area (Å²) in [5, 5.41) is 0. The molecule has 0 bridgehead atoms. The average Bonchev–Trinajstić information content (AvgIpc) is 2.39. The Hall–Kier alpha value is -1.25. The van der Waals surface area contributed by atoms with Crippen molar-refractivity contribution in [1.29, 1.82) is 0 Å². The lowest BCUT2D eigenvalue weighted by atomic mass is 9.70. The molecule has 1 rings (SSSR count). The summed E-state index contributed by atoms with van der Waals surface area (Å²) in [4.78, 5) is 36.2. The van der Waals surface area contributed by atoms with E-state index >= 15 is 0 Å². The molecule has 0 aromatic carbocycles. The number of ketones is 3. The van der Waals surface area contributed by atoms with Crippen molar-refractivity contribution in [3.8, 4) is 0 Å². The van der Waals surface area contributed by atoms with Crippen LogP contribution in [0.2, 0.25) is 0 Å². The summed E-state index contributed by atoms with van der Waals surface area (Å²) in [6, 6.07) is 0. The van der Waals surface area contributed by atoms with Crippen molar-refractivity contribution in [2.75, 3.05) is 0 Å². The minimum absolute atomic E-state index is 0.155. The largest absolute Gasteiger partial charge is 0.298 e. The van der Waals surface area contributed by atoms with Gasteiger partial charge >= 0.3 is 0 Å². The molecule has 0 amide bonds. The van der Waals surface area contributed by atoms with E-state index in [0.29, 0.717) is 19.3 Å². The van der Waals surface area contributed by atoms with Gasteiger partial charge in [0.25, 0.3) is 0 Å². The molecule has 1 aliphatic carbocycles. The van der Waals surface area contributed by atoms with Crippen molar-refractivity contribution in [1.82, 2.24) is 0 Å². The molecule has 22 heavy (non-hydrogen) atoms. The van der Waals surface area contributed by atoms with Crippen LogP contribution < -0.4 is 0 Å². The summed E-state index contributed by atoms with van der Waals surface area (Å²) in [7, 11) is 0. The van der Waals surface area contributed by atoms with E-state index in [1.165, 1.54) is 19.3 Å². The van der Waals surface area contributed by atoms with Crippen molar-refractivity contribution in [2.24, 2.45) is 11.3 Å². The van der Waals surface area contributed by atoms with E-state index < -0.39 is 5.92 Å². The maximum Gasteiger partial charge on any atom is 0.151 e. The van der Waals surface area contributed by atoms with E-state index in [0.717, 1.165) is 25.7 Å². The van der Waals surface area contributed by atoms with Crippen molar-refractivity contribution in [2.45, 2.75) is 78.1 Å². The van der Waals surface area contributed by atoms with Crippen molar-refractivity contribution >= 4 is 17.3 Å². The number of allylic oxidation sites excluding steroid dienone is 1. The van der Waals surface area contributed by atoms with Crippen LogP contribution in [-0.2, 0) is 14.4 Å². The summed E-state index contributed by atoms with van der Waals surface area (Å²) in [5.41, 5.74) is -0.281. The van der Waals surface area contributed by atoms with Crippen molar-refractivity contribution in [3.05, 3.63) is 12.7 Å². The molecule has 3 heteroatoms. The fourth-order valence-corrected chi connectivity index (χ4v) is 3.19. The molecule has 0 radical (unpaired) electrons. The third-order valence-corrected chi connectivity index (χ3v) is 4.35. The van der Waals surface area contributed by atoms with Gasteiger partial charge in [-0.1, -0.05) is 45.6 Å². The van der Waals surface area contributed by atoms with E-state index in [1.54, 1.807) is 0 Å². The average molecular weight is 306 g/mol. The van der Waals surface area contributed by atoms with E-state index in [-0.39, 0.29) is 22.8 Å². The number of unbranched alkanes of at least 4 members (excludes halogenated alkanes) is 6. The highest BCUT2D eigenvalue weighted by atomic mass is 16.2. The number of hydrogen-bond acceptors (Lipinski definition) is 3. The predicted molar refractivity (Wildman–Crippen MR) is 88.7 cm³/mol. The second-order valence-corrected chi connectivity index (χ2v) is 7.30. The molecule has 0 aromatic heterocycles. The number of rotatable bonds is 10. The van der Waals surface area contributed by atoms with Crippen LogP contribution in [0.15, 0.2) is 12.7 Å². The van der Waals surface area contributed by atoms with Gasteiger partial charge in [-0.25, -0.2) is 0 Å². The first kappa shape index (κ1) is 18.8. The lowest BCUT2D eigenvalue weighted by molar-refractivity contribution is -0.145. The Morgan fingerprint density at radius 1 is 1.05 bits per heavy atom. The highest BCUT2D eigenvalue weighted by Crippen LogP contribution is 2.34. The molecule has 0 spiro atoms. The van der Waals surface area contributed by atoms with Gasteiger partial charge in [0, 0.05) is 19.3 Å². The minimum Gasteiger partial charge on any atom is -0.298 e. The van der Waals surface area contributed by atoms with Gasteiger partial charge < -0.3 is 0 Å². The summed E-state index contributed by atoms with van der Waals surface area (Å²) in [6.07, 6.45) is 10.5. The molecule has 3 nitrogen and oxygen atoms in total. The molecule has 0 unspecified atom stereocenters. The maximum atomic E-state index is 12.2. The Balaban J connectivity index is 2.24. The topological polar surface area (TPSA) is 51.2 Å². The van der Waals surface area contributed by atoms with Gasteiger partial charge in [-0.2, -0.15) is 0 Å². The normalized spacial score (nSPS) is 18.5. The molecule has 0 saturated heterocycles. The van der Waals surface area contributed by atoms with Gasteiger partial charge in [-0.05, 0) is 24.7 Å². The van der Waals surface area contributed by atoms with Crippen LogP contribution >= 0.6 is 0 Å². The number of Topliss-reactive ketones (excluding diaryl/α,β-unsaturated/α-hetero) is 3. The monoisotopic (exact) mass is 306 g/mol. The molecule has 0 heterocycles. The van der Waals surface area contributed by atoms with Crippen molar-refractivity contribution in [3.63, 3.8) is 0 Å². The van der Waals surface area contributed by atoms with Gasteiger partial charge in [0.2, 0.25) is 0 Å². The van der Waals surface area contributed by atoms with Crippen LogP contribution in [-0.4, -0.2) is 17.3 Å². The fourth-order valence-electron chi connectivity index (χ4n) is 3.19. The number of carbonyl (C=O) groups is 3. The molecule has 1 aliphatic rings. The summed E-state index contributed by atoms with van der Waals surface area (Å²) in [5.74, 6) is -1.45. The molecule has 0 N–H and O–H groups in total. The summed E-state index contributed by atoms with van der Waals surface area (Å²) in [6.45, 7) is 7.53. The standard InChI is InChI=1S/C19H30O3/c1-4-5-6-7-8-9-10-11-12-15(20)18-16(21)13-19(2,3)14-17(18)22/h4,18H,1,5-14H2,2-3H3. The maximum absolute atomic E-state index is 12.2. The van der Waals surface area contributed by atoms with Crippen molar-refractivity contribution < 1.29 is 14.4 Å². The molecule has 0 atom stereocenters. The lowest BCUT2D eigenvalue weighted by Crippen LogP contribution is -2.41. The minimum atomic E-state index is -0.958. The zero-order valence-electron chi connectivity index (χ0n) is 14.2. The Morgan fingerprint density at radius 3 is 2.09 bits per heavy atom. The van der Waals surface area contributed by atoms with Crippen LogP contribution in [0.25, 0.3) is 0 Å². The first-order chi connectivity index (χ1) is 10.4. The van der Waals surface area contributed by atoms with E-state index in [2.05, 4.69) is 6.58 Å². The zero-order valence-corrected chi connectivity index (χ0v) is 14.2. The Morgan fingerprint density at radius 2 is 1.55 bits per heavy atom. The van der Waals surface area contributed by atoms with Crippen LogP contribution in [0.1, 0.15) is 78.1 Å². The van der Waals surface area contributed by atoms with Gasteiger partial charge in [0.05, 0.1) is 0 Å². The lowest BCUT2D eigenvalue weighted by Gasteiger charge is -2.31. The Kier molecular flexibility index (Phi) is 7.70. The van der Waals surface area contributed by atoms with Gasteiger partial charge in [0.1, 0.15) is 5.92 Å². The summed E-state index contributed by atoms with van der Waals surface area (Å²) >= 11 is 0. The zero-order chi connectivity index (χ0) is 16.6. The van der Waals surface area contributed by atoms with Gasteiger partial charge in [-0.15, -0.1) is 6.58 Å². The van der Waals surface area contributed by atoms with E-state index in [9.17, 15) is 14.4 Å². The highest BCUT2D eigenvalue weighted by molar-refractivity contribution is 6.20. The number of carbonyl (C=O) groups excluding carboxylic acids is 3. The van der Waals surface area contributed by atoms with E-state index in [1.807, 2.05) is 19.9 Å². The molecular weight excluding hydrogens is 276 g/mol. The van der Waals surface area contributed by atoms with Gasteiger partial charge in [-0.3, -0.25) is 14.4 Å². The first-order valence-electron chi connectivity index (χ1n) is 8.56. The van der Waals surface area contributed by atoms with Gasteiger partial charge in [0.15, 0.2) is 17.3 Å². The van der Waals surface area contributed by atoms with E-state index in [4.69, 9.17) is 0 Å². The Labute approximate surface area is 134 Å². The molecule has 1 saturated carbocycles. The van der Waals surface area contributed by atoms with Crippen LogP contribution in [0, 0.1) is 11.3 Å². The fraction of sp³-hybridized carbons (Fsp3) is 0.737. The molecule has 124 valence electrons. The number of hydrogen-bond donors (Lipinski definition) is 0. The first-order valence-corrected chi connectivity index (χ1v) is 8.56. The highest BCUT2D eigenvalue weighted by Gasteiger charge is 2.42. The second-order valence-electron chi connectivity index (χ2n) is 7.30. The smallest absolute Gasteiger partial charge is 0.151 e. The van der Waals surface area contributed by atoms with Crippen LogP contribution in [0.4, 0.5) is 0 Å². The third kappa shape index (κ3) is 6.25. The molecule has 0 aliphatic heterocycles. The SMILES string of the molecule is C=CCCCCCCCCC(=O)C1C(=O)CC(C)(C)CC1=O. The molecule has 1 fully saturated rings. The van der Waals surface area contributed by atoms with Crippen LogP contribution in [0.5, 0.6) is 0 Å². The Bertz CT molecular complexity index is 400. The second kappa shape index (κ2) is 9.02. The molecular formula is C19H30O3. The molecule has 0 aromatic rings. The predicted octanol–water partition coefficient (Wildman–Crippen LogP) is 4.44. The third-order valence-electron chi connectivity index (χ3n) is 4.35.